The van der Waals surface area contributed by atoms with Gasteiger partial charge in [0.25, 0.3) is 0 Å². The van der Waals surface area contributed by atoms with Gasteiger partial charge in [-0.1, -0.05) is 6.07 Å². The van der Waals surface area contributed by atoms with Crippen LogP contribution in [0.15, 0.2) is 18.2 Å². The fourth-order valence-corrected chi connectivity index (χ4v) is 1.63. The van der Waals surface area contributed by atoms with Crippen LogP contribution in [-0.4, -0.2) is 36.6 Å². The number of rotatable bonds is 6. The monoisotopic (exact) mass is 252 g/mol. The van der Waals surface area contributed by atoms with E-state index in [1.807, 2.05) is 0 Å². The summed E-state index contributed by atoms with van der Waals surface area (Å²) in [6, 6.07) is 5.05. The smallest absolute Gasteiger partial charge is 0.222 e. The first-order valence-electron chi connectivity index (χ1n) is 5.88. The summed E-state index contributed by atoms with van der Waals surface area (Å²) in [5.74, 6) is 0.571. The number of hydrogen-bond donors (Lipinski definition) is 2. The van der Waals surface area contributed by atoms with Crippen LogP contribution >= 0.6 is 0 Å². The van der Waals surface area contributed by atoms with Crippen molar-refractivity contribution < 1.29 is 14.6 Å². The lowest BCUT2D eigenvalue weighted by molar-refractivity contribution is -0.130. The minimum atomic E-state index is 0.0625. The third-order valence-corrected chi connectivity index (χ3v) is 2.68. The van der Waals surface area contributed by atoms with Gasteiger partial charge in [-0.15, -0.1) is 0 Å². The molecule has 0 fully saturated rings. The molecule has 0 atom stereocenters. The molecular weight excluding hydrogens is 232 g/mol. The van der Waals surface area contributed by atoms with Crippen molar-refractivity contribution in [2.45, 2.75) is 19.4 Å². The molecule has 0 aliphatic heterocycles. The largest absolute Gasteiger partial charge is 0.504 e. The number of phenols is 1. The number of amides is 1. The standard InChI is InChI=1S/C13H20N2O3/c1-15(13(17)4-3-7-14)9-10-5-6-11(16)12(8-10)18-2/h5-6,8,16H,3-4,7,9,14H2,1-2H3. The molecule has 1 rings (SSSR count). The van der Waals surface area contributed by atoms with Gasteiger partial charge in [0.05, 0.1) is 7.11 Å². The predicted molar refractivity (Wildman–Crippen MR) is 69.4 cm³/mol. The Kier molecular flexibility index (Phi) is 5.45. The third-order valence-electron chi connectivity index (χ3n) is 2.68. The van der Waals surface area contributed by atoms with Gasteiger partial charge in [-0.2, -0.15) is 0 Å². The maximum Gasteiger partial charge on any atom is 0.222 e. The van der Waals surface area contributed by atoms with E-state index < -0.39 is 0 Å². The Morgan fingerprint density at radius 1 is 1.50 bits per heavy atom. The molecule has 0 spiro atoms. The maximum atomic E-state index is 11.7. The number of carbonyl (C=O) groups excluding carboxylic acids is 1. The highest BCUT2D eigenvalue weighted by Crippen LogP contribution is 2.26. The average molecular weight is 252 g/mol. The maximum absolute atomic E-state index is 11.7. The van der Waals surface area contributed by atoms with E-state index in [9.17, 15) is 9.90 Å². The number of carbonyl (C=O) groups is 1. The van der Waals surface area contributed by atoms with Crippen molar-refractivity contribution >= 4 is 5.91 Å². The number of benzene rings is 1. The molecule has 0 bridgehead atoms. The highest BCUT2D eigenvalue weighted by molar-refractivity contribution is 5.75. The van der Waals surface area contributed by atoms with Crippen LogP contribution < -0.4 is 10.5 Å². The molecule has 1 aromatic rings. The molecule has 18 heavy (non-hydrogen) atoms. The Labute approximate surface area is 107 Å². The number of ether oxygens (including phenoxy) is 1. The second-order valence-electron chi connectivity index (χ2n) is 4.15. The van der Waals surface area contributed by atoms with Crippen molar-refractivity contribution in [2.24, 2.45) is 5.73 Å². The SMILES string of the molecule is COc1cc(CN(C)C(=O)CCCN)ccc1O. The van der Waals surface area contributed by atoms with Crippen LogP contribution in [0.4, 0.5) is 0 Å². The van der Waals surface area contributed by atoms with Gasteiger partial charge in [-0.3, -0.25) is 4.79 Å². The van der Waals surface area contributed by atoms with E-state index in [0.717, 1.165) is 5.56 Å². The van der Waals surface area contributed by atoms with Crippen LogP contribution in [0.1, 0.15) is 18.4 Å². The van der Waals surface area contributed by atoms with E-state index in [0.29, 0.717) is 31.7 Å². The van der Waals surface area contributed by atoms with Gasteiger partial charge in [0.2, 0.25) is 5.91 Å². The fourth-order valence-electron chi connectivity index (χ4n) is 1.63. The van der Waals surface area contributed by atoms with Crippen molar-refractivity contribution in [3.05, 3.63) is 23.8 Å². The number of methoxy groups -OCH3 is 1. The second-order valence-corrected chi connectivity index (χ2v) is 4.15. The minimum absolute atomic E-state index is 0.0625. The topological polar surface area (TPSA) is 75.8 Å². The molecule has 0 saturated carbocycles. The number of nitrogens with two attached hydrogens (primary N) is 1. The molecule has 5 heteroatoms. The van der Waals surface area contributed by atoms with E-state index in [2.05, 4.69) is 0 Å². The molecule has 0 heterocycles. The lowest BCUT2D eigenvalue weighted by atomic mass is 10.2. The molecule has 1 amide bonds. The Bertz CT molecular complexity index is 407. The van der Waals surface area contributed by atoms with E-state index >= 15 is 0 Å². The summed E-state index contributed by atoms with van der Waals surface area (Å²) >= 11 is 0. The van der Waals surface area contributed by atoms with Crippen molar-refractivity contribution in [1.29, 1.82) is 0 Å². The first kappa shape index (κ1) is 14.3. The van der Waals surface area contributed by atoms with E-state index in [1.54, 1.807) is 30.1 Å². The van der Waals surface area contributed by atoms with Crippen molar-refractivity contribution in [3.8, 4) is 11.5 Å². The van der Waals surface area contributed by atoms with Gasteiger partial charge in [-0.25, -0.2) is 0 Å². The summed E-state index contributed by atoms with van der Waals surface area (Å²) in [7, 11) is 3.24. The molecular formula is C13H20N2O3. The minimum Gasteiger partial charge on any atom is -0.504 e. The molecule has 0 radical (unpaired) electrons. The number of hydrogen-bond acceptors (Lipinski definition) is 4. The summed E-state index contributed by atoms with van der Waals surface area (Å²) in [5, 5.41) is 9.47. The zero-order valence-corrected chi connectivity index (χ0v) is 10.8. The molecule has 3 N–H and O–H groups in total. The van der Waals surface area contributed by atoms with Crippen molar-refractivity contribution in [1.82, 2.24) is 4.90 Å². The van der Waals surface area contributed by atoms with Gasteiger partial charge in [0, 0.05) is 20.0 Å². The molecule has 0 saturated heterocycles. The lowest BCUT2D eigenvalue weighted by Gasteiger charge is -2.17. The Morgan fingerprint density at radius 2 is 2.22 bits per heavy atom. The molecule has 5 nitrogen and oxygen atoms in total. The predicted octanol–water partition coefficient (Wildman–Crippen LogP) is 1.10. The zero-order valence-electron chi connectivity index (χ0n) is 10.8. The third kappa shape index (κ3) is 3.92. The summed E-state index contributed by atoms with van der Waals surface area (Å²) in [4.78, 5) is 13.4. The molecule has 0 aromatic heterocycles. The zero-order chi connectivity index (χ0) is 13.5. The van der Waals surface area contributed by atoms with Crippen LogP contribution in [0.3, 0.4) is 0 Å². The fraction of sp³-hybridized carbons (Fsp3) is 0.462. The summed E-state index contributed by atoms with van der Waals surface area (Å²) in [6.07, 6.45) is 1.16. The number of aromatic hydroxyl groups is 1. The van der Waals surface area contributed by atoms with Gasteiger partial charge in [0.1, 0.15) is 0 Å². The summed E-state index contributed by atoms with van der Waals surface area (Å²) < 4.78 is 5.02. The highest BCUT2D eigenvalue weighted by Gasteiger charge is 2.10. The van der Waals surface area contributed by atoms with Gasteiger partial charge < -0.3 is 20.5 Å². The van der Waals surface area contributed by atoms with Gasteiger partial charge >= 0.3 is 0 Å². The Balaban J connectivity index is 2.64. The summed E-state index contributed by atoms with van der Waals surface area (Å²) in [5.41, 5.74) is 6.28. The molecule has 0 aliphatic rings. The van der Waals surface area contributed by atoms with Crippen molar-refractivity contribution in [2.75, 3.05) is 20.7 Å². The molecule has 0 aliphatic carbocycles. The van der Waals surface area contributed by atoms with Crippen LogP contribution in [0, 0.1) is 0 Å². The highest BCUT2D eigenvalue weighted by atomic mass is 16.5. The van der Waals surface area contributed by atoms with Crippen LogP contribution in [0.5, 0.6) is 11.5 Å². The van der Waals surface area contributed by atoms with E-state index in [-0.39, 0.29) is 11.7 Å². The Hall–Kier alpha value is -1.75. The quantitative estimate of drug-likeness (QED) is 0.795. The second kappa shape index (κ2) is 6.86. The first-order valence-corrected chi connectivity index (χ1v) is 5.88. The van der Waals surface area contributed by atoms with Crippen molar-refractivity contribution in [3.63, 3.8) is 0 Å². The van der Waals surface area contributed by atoms with E-state index in [1.165, 1.54) is 7.11 Å². The van der Waals surface area contributed by atoms with Crippen LogP contribution in [-0.2, 0) is 11.3 Å². The van der Waals surface area contributed by atoms with Gasteiger partial charge in [0.15, 0.2) is 11.5 Å². The van der Waals surface area contributed by atoms with E-state index in [4.69, 9.17) is 10.5 Å². The van der Waals surface area contributed by atoms with Crippen LogP contribution in [0.2, 0.25) is 0 Å². The lowest BCUT2D eigenvalue weighted by Crippen LogP contribution is -2.26. The molecule has 100 valence electrons. The van der Waals surface area contributed by atoms with Gasteiger partial charge in [-0.05, 0) is 30.7 Å². The first-order chi connectivity index (χ1) is 8.58. The molecule has 0 unspecified atom stereocenters. The normalized spacial score (nSPS) is 10.2. The Morgan fingerprint density at radius 3 is 2.83 bits per heavy atom. The average Bonchev–Trinajstić information content (AvgIpc) is 2.37. The summed E-state index contributed by atoms with van der Waals surface area (Å²) in [6.45, 7) is 1.01. The number of phenolic OH excluding ortho intramolecular Hbond substituents is 1. The van der Waals surface area contributed by atoms with Crippen LogP contribution in [0.25, 0.3) is 0 Å². The number of nitrogens with zero attached hydrogens (tertiary/aromatic N) is 1. The molecule has 1 aromatic carbocycles.